The molecule has 10 heteroatoms. The highest BCUT2D eigenvalue weighted by atomic mass is 19.4. The van der Waals surface area contributed by atoms with E-state index in [1.165, 1.54) is 41.2 Å². The third-order valence-electron chi connectivity index (χ3n) is 6.36. The minimum atomic E-state index is -4.48. The van der Waals surface area contributed by atoms with E-state index in [2.05, 4.69) is 5.10 Å². The first-order valence-corrected chi connectivity index (χ1v) is 11.3. The van der Waals surface area contributed by atoms with Gasteiger partial charge in [-0.25, -0.2) is 9.07 Å². The molecule has 0 radical (unpaired) electrons. The van der Waals surface area contributed by atoms with Crippen LogP contribution < -0.4 is 0 Å². The van der Waals surface area contributed by atoms with Gasteiger partial charge in [0.1, 0.15) is 5.82 Å². The summed E-state index contributed by atoms with van der Waals surface area (Å²) in [5.41, 5.74) is 0.865. The molecule has 1 aliphatic heterocycles. The second-order valence-corrected chi connectivity index (χ2v) is 8.77. The number of aromatic nitrogens is 2. The number of alkyl halides is 3. The summed E-state index contributed by atoms with van der Waals surface area (Å²) in [5.74, 6) is -0.839. The molecule has 2 amide bonds. The highest BCUT2D eigenvalue weighted by Crippen LogP contribution is 2.43. The van der Waals surface area contributed by atoms with Crippen molar-refractivity contribution in [1.82, 2.24) is 19.6 Å². The van der Waals surface area contributed by atoms with Crippen LogP contribution in [0.3, 0.4) is 0 Å². The lowest BCUT2D eigenvalue weighted by atomic mass is 10.1. The molecule has 1 aliphatic carbocycles. The molecule has 6 nitrogen and oxygen atoms in total. The number of benzene rings is 2. The summed E-state index contributed by atoms with van der Waals surface area (Å²) >= 11 is 0. The van der Waals surface area contributed by atoms with E-state index >= 15 is 0 Å². The number of amides is 2. The summed E-state index contributed by atoms with van der Waals surface area (Å²) in [4.78, 5) is 29.3. The highest BCUT2D eigenvalue weighted by molar-refractivity contribution is 5.96. The molecule has 0 atom stereocenters. The van der Waals surface area contributed by atoms with Crippen LogP contribution in [-0.4, -0.2) is 57.6 Å². The Morgan fingerprint density at radius 1 is 0.886 bits per heavy atom. The number of carbonyl (C=O) groups excluding carboxylic acids is 2. The van der Waals surface area contributed by atoms with Gasteiger partial charge in [-0.15, -0.1) is 0 Å². The van der Waals surface area contributed by atoms with E-state index in [0.29, 0.717) is 43.0 Å². The van der Waals surface area contributed by atoms with E-state index in [9.17, 15) is 27.2 Å². The zero-order valence-corrected chi connectivity index (χ0v) is 18.6. The Morgan fingerprint density at radius 3 is 2.11 bits per heavy atom. The Hall–Kier alpha value is -3.69. The van der Waals surface area contributed by atoms with Crippen molar-refractivity contribution in [2.75, 3.05) is 26.2 Å². The fourth-order valence-electron chi connectivity index (χ4n) is 4.35. The molecule has 2 heterocycles. The predicted octanol–water partition coefficient (Wildman–Crippen LogP) is 4.51. The summed E-state index contributed by atoms with van der Waals surface area (Å²) < 4.78 is 54.2. The van der Waals surface area contributed by atoms with Crippen LogP contribution >= 0.6 is 0 Å². The van der Waals surface area contributed by atoms with Gasteiger partial charge in [0.25, 0.3) is 11.8 Å². The fourth-order valence-corrected chi connectivity index (χ4v) is 4.35. The fraction of sp³-hybridized carbons (Fsp3) is 0.320. The quantitative estimate of drug-likeness (QED) is 0.510. The summed E-state index contributed by atoms with van der Waals surface area (Å²) in [6.07, 6.45) is -1.38. The lowest BCUT2D eigenvalue weighted by Gasteiger charge is -2.34. The molecule has 2 aliphatic rings. The molecule has 5 rings (SSSR count). The van der Waals surface area contributed by atoms with Crippen LogP contribution in [-0.2, 0) is 6.18 Å². The maximum Gasteiger partial charge on any atom is 0.416 e. The van der Waals surface area contributed by atoms with Gasteiger partial charge in [0, 0.05) is 37.7 Å². The maximum absolute atomic E-state index is 13.4. The first-order valence-electron chi connectivity index (χ1n) is 11.3. The minimum Gasteiger partial charge on any atom is -0.335 e. The smallest absolute Gasteiger partial charge is 0.335 e. The summed E-state index contributed by atoms with van der Waals surface area (Å²) in [6.45, 7) is 1.26. The molecule has 0 N–H and O–H groups in total. The Morgan fingerprint density at radius 2 is 1.51 bits per heavy atom. The number of carbonyl (C=O) groups is 2. The Balaban J connectivity index is 1.33. The number of nitrogens with zero attached hydrogens (tertiary/aromatic N) is 4. The molecule has 1 saturated heterocycles. The van der Waals surface area contributed by atoms with E-state index in [4.69, 9.17) is 0 Å². The van der Waals surface area contributed by atoms with Gasteiger partial charge in [0.15, 0.2) is 0 Å². The lowest BCUT2D eigenvalue weighted by Crippen LogP contribution is -2.50. The van der Waals surface area contributed by atoms with E-state index in [1.54, 1.807) is 15.9 Å². The Kier molecular flexibility index (Phi) is 5.82. The van der Waals surface area contributed by atoms with Crippen LogP contribution in [0.1, 0.15) is 50.7 Å². The maximum atomic E-state index is 13.4. The van der Waals surface area contributed by atoms with Crippen LogP contribution in [0.2, 0.25) is 0 Å². The van der Waals surface area contributed by atoms with Gasteiger partial charge in [0.2, 0.25) is 0 Å². The van der Waals surface area contributed by atoms with Crippen LogP contribution in [0.5, 0.6) is 0 Å². The SMILES string of the molecule is O=C(c1ccc(F)cc1)N1CCN(C(=O)c2cnn(-c3cccc(C(F)(F)F)c3)c2C2CC2)CC1. The standard InChI is InChI=1S/C25H22F4N4O2/c26-19-8-6-17(7-9-19)23(34)31-10-12-32(13-11-31)24(35)21-15-30-33(22(21)16-4-5-16)20-3-1-2-18(14-20)25(27,28)29/h1-3,6-9,14-16H,4-5,10-13H2. The van der Waals surface area contributed by atoms with E-state index in [0.717, 1.165) is 25.0 Å². The lowest BCUT2D eigenvalue weighted by molar-refractivity contribution is -0.137. The van der Waals surface area contributed by atoms with E-state index < -0.39 is 17.6 Å². The van der Waals surface area contributed by atoms with Crippen molar-refractivity contribution in [2.24, 2.45) is 0 Å². The van der Waals surface area contributed by atoms with Crippen molar-refractivity contribution in [3.63, 3.8) is 0 Å². The molecule has 2 fully saturated rings. The molecule has 182 valence electrons. The summed E-state index contributed by atoms with van der Waals surface area (Å²) in [7, 11) is 0. The molecule has 1 saturated carbocycles. The molecule has 0 spiro atoms. The first kappa shape index (κ1) is 23.1. The Bertz CT molecular complexity index is 1260. The van der Waals surface area contributed by atoms with Crippen LogP contribution in [0.4, 0.5) is 17.6 Å². The van der Waals surface area contributed by atoms with Crippen molar-refractivity contribution < 1.29 is 27.2 Å². The van der Waals surface area contributed by atoms with E-state index in [-0.39, 0.29) is 23.4 Å². The molecule has 0 bridgehead atoms. The van der Waals surface area contributed by atoms with Crippen molar-refractivity contribution >= 4 is 11.8 Å². The van der Waals surface area contributed by atoms with Crippen LogP contribution in [0.25, 0.3) is 5.69 Å². The molecule has 35 heavy (non-hydrogen) atoms. The van der Waals surface area contributed by atoms with Gasteiger partial charge >= 0.3 is 6.18 Å². The van der Waals surface area contributed by atoms with Crippen molar-refractivity contribution in [3.8, 4) is 5.69 Å². The zero-order chi connectivity index (χ0) is 24.7. The first-order chi connectivity index (χ1) is 16.7. The monoisotopic (exact) mass is 486 g/mol. The van der Waals surface area contributed by atoms with Crippen LogP contribution in [0, 0.1) is 5.82 Å². The summed E-state index contributed by atoms with van der Waals surface area (Å²) in [6, 6.07) is 10.2. The van der Waals surface area contributed by atoms with Crippen LogP contribution in [0.15, 0.2) is 54.7 Å². The van der Waals surface area contributed by atoms with Gasteiger partial charge in [-0.1, -0.05) is 6.07 Å². The molecular weight excluding hydrogens is 464 g/mol. The molecule has 1 aromatic heterocycles. The average molecular weight is 486 g/mol. The molecule has 3 aromatic rings. The van der Waals surface area contributed by atoms with Crippen molar-refractivity contribution in [1.29, 1.82) is 0 Å². The third kappa shape index (κ3) is 4.65. The minimum absolute atomic E-state index is 0.0623. The number of piperazine rings is 1. The van der Waals surface area contributed by atoms with Crippen molar-refractivity contribution in [2.45, 2.75) is 24.9 Å². The average Bonchev–Trinajstić information content (AvgIpc) is 3.61. The highest BCUT2D eigenvalue weighted by Gasteiger charge is 2.36. The molecule has 0 unspecified atom stereocenters. The van der Waals surface area contributed by atoms with Gasteiger partial charge in [-0.3, -0.25) is 9.59 Å². The van der Waals surface area contributed by atoms with Gasteiger partial charge in [-0.05, 0) is 55.3 Å². The third-order valence-corrected chi connectivity index (χ3v) is 6.36. The second-order valence-electron chi connectivity index (χ2n) is 8.77. The zero-order valence-electron chi connectivity index (χ0n) is 18.6. The van der Waals surface area contributed by atoms with E-state index in [1.807, 2.05) is 0 Å². The number of hydrogen-bond donors (Lipinski definition) is 0. The predicted molar refractivity (Wildman–Crippen MR) is 119 cm³/mol. The topological polar surface area (TPSA) is 58.4 Å². The normalized spacial score (nSPS) is 16.5. The van der Waals surface area contributed by atoms with Crippen molar-refractivity contribution in [3.05, 3.63) is 82.9 Å². The number of rotatable bonds is 4. The van der Waals surface area contributed by atoms with Gasteiger partial charge < -0.3 is 9.80 Å². The van der Waals surface area contributed by atoms with Gasteiger partial charge in [-0.2, -0.15) is 18.3 Å². The molecule has 2 aromatic carbocycles. The van der Waals surface area contributed by atoms with Gasteiger partial charge in [0.05, 0.1) is 28.7 Å². The number of hydrogen-bond acceptors (Lipinski definition) is 3. The second kappa shape index (κ2) is 8.83. The summed E-state index contributed by atoms with van der Waals surface area (Å²) in [5, 5.41) is 4.28. The Labute approximate surface area is 198 Å². The number of halogens is 4. The molecular formula is C25H22F4N4O2. The largest absolute Gasteiger partial charge is 0.416 e.